The summed E-state index contributed by atoms with van der Waals surface area (Å²) >= 11 is 0. The fraction of sp³-hybridized carbons (Fsp3) is 0.588. The van der Waals surface area contributed by atoms with Crippen LogP contribution >= 0.6 is 0 Å². The molecule has 0 atom stereocenters. The van der Waals surface area contributed by atoms with Crippen molar-refractivity contribution in [2.45, 2.75) is 59.0 Å². The van der Waals surface area contributed by atoms with E-state index in [9.17, 15) is 4.79 Å². The van der Waals surface area contributed by atoms with Crippen molar-refractivity contribution in [2.24, 2.45) is 0 Å². The zero-order valence-corrected chi connectivity index (χ0v) is 15.0. The van der Waals surface area contributed by atoms with Crippen LogP contribution in [0.2, 0.25) is 0 Å². The highest BCUT2D eigenvalue weighted by molar-refractivity contribution is 5.73. The third-order valence-electron chi connectivity index (χ3n) is 4.36. The summed E-state index contributed by atoms with van der Waals surface area (Å²) in [6.45, 7) is 4.53. The normalized spacial score (nSPS) is 13.4. The van der Waals surface area contributed by atoms with E-state index in [0.717, 1.165) is 24.2 Å². The first kappa shape index (κ1) is 17.3. The van der Waals surface area contributed by atoms with Crippen LogP contribution in [-0.4, -0.2) is 38.1 Å². The average molecular weight is 344 g/mol. The van der Waals surface area contributed by atoms with Gasteiger partial charge in [-0.1, -0.05) is 6.92 Å². The van der Waals surface area contributed by atoms with Gasteiger partial charge in [-0.05, 0) is 38.2 Å². The van der Waals surface area contributed by atoms with E-state index in [0.29, 0.717) is 30.6 Å². The summed E-state index contributed by atoms with van der Waals surface area (Å²) in [5.41, 5.74) is 3.44. The fourth-order valence-electron chi connectivity index (χ4n) is 2.98. The molecule has 3 rings (SSSR count). The quantitative estimate of drug-likeness (QED) is 0.890. The maximum absolute atomic E-state index is 12.2. The van der Waals surface area contributed by atoms with Crippen LogP contribution in [0.4, 0.5) is 4.79 Å². The van der Waals surface area contributed by atoms with Gasteiger partial charge in [0.2, 0.25) is 11.8 Å². The Labute approximate surface area is 147 Å². The molecule has 1 N–H and O–H groups in total. The van der Waals surface area contributed by atoms with Gasteiger partial charge in [0, 0.05) is 24.9 Å². The Bertz CT molecular complexity index is 758. The Balaban J connectivity index is 1.57. The van der Waals surface area contributed by atoms with Crippen LogP contribution in [0, 0.1) is 6.92 Å². The summed E-state index contributed by atoms with van der Waals surface area (Å²) in [5.74, 6) is 1.66. The summed E-state index contributed by atoms with van der Waals surface area (Å²) in [5, 5.41) is 10.7. The van der Waals surface area contributed by atoms with Crippen LogP contribution in [0.25, 0.3) is 0 Å². The number of nitrogens with one attached hydrogen (secondary N) is 1. The molecule has 8 heteroatoms. The molecule has 0 fully saturated rings. The zero-order valence-electron chi connectivity index (χ0n) is 15.0. The second kappa shape index (κ2) is 7.58. The Morgan fingerprint density at radius 1 is 1.20 bits per heavy atom. The van der Waals surface area contributed by atoms with Gasteiger partial charge in [0.25, 0.3) is 0 Å². The van der Waals surface area contributed by atoms with Gasteiger partial charge in [0.05, 0.1) is 6.54 Å². The van der Waals surface area contributed by atoms with E-state index in [1.54, 1.807) is 7.05 Å². The van der Waals surface area contributed by atoms with Crippen LogP contribution in [0.5, 0.6) is 0 Å². The van der Waals surface area contributed by atoms with Crippen molar-refractivity contribution in [3.8, 4) is 0 Å². The van der Waals surface area contributed by atoms with Gasteiger partial charge in [0.1, 0.15) is 12.4 Å². The molecule has 2 heterocycles. The van der Waals surface area contributed by atoms with Crippen molar-refractivity contribution in [1.82, 2.24) is 30.4 Å². The van der Waals surface area contributed by atoms with Gasteiger partial charge in [-0.25, -0.2) is 14.8 Å². The van der Waals surface area contributed by atoms with E-state index < -0.39 is 0 Å². The molecule has 0 saturated carbocycles. The van der Waals surface area contributed by atoms with Crippen molar-refractivity contribution in [3.05, 3.63) is 34.6 Å². The molecule has 2 amide bonds. The first-order valence-electron chi connectivity index (χ1n) is 8.72. The monoisotopic (exact) mass is 344 g/mol. The lowest BCUT2D eigenvalue weighted by Crippen LogP contribution is -2.37. The molecule has 2 aromatic heterocycles. The number of rotatable bonds is 5. The molecule has 0 spiro atoms. The second-order valence-corrected chi connectivity index (χ2v) is 6.32. The Hall–Kier alpha value is -2.51. The molecule has 25 heavy (non-hydrogen) atoms. The minimum Gasteiger partial charge on any atom is -0.423 e. The minimum absolute atomic E-state index is 0.227. The summed E-state index contributed by atoms with van der Waals surface area (Å²) in [6.07, 6.45) is 5.10. The predicted molar refractivity (Wildman–Crippen MR) is 90.8 cm³/mol. The van der Waals surface area contributed by atoms with E-state index in [1.165, 1.54) is 23.3 Å². The fourth-order valence-corrected chi connectivity index (χ4v) is 2.98. The van der Waals surface area contributed by atoms with Gasteiger partial charge in [-0.15, -0.1) is 10.2 Å². The largest absolute Gasteiger partial charge is 0.423 e. The highest BCUT2D eigenvalue weighted by Gasteiger charge is 2.17. The molecular formula is C17H24N6O2. The maximum atomic E-state index is 12.2. The first-order valence-corrected chi connectivity index (χ1v) is 8.72. The molecule has 134 valence electrons. The molecule has 1 aliphatic carbocycles. The van der Waals surface area contributed by atoms with Crippen molar-refractivity contribution in [1.29, 1.82) is 0 Å². The number of carbonyl (C=O) groups excluding carboxylic acids is 1. The highest BCUT2D eigenvalue weighted by Crippen LogP contribution is 2.21. The SMILES string of the molecule is CCc1nnc(CN(C)C(=O)NCc2nc(C)c3c(n2)CCCC3)o1. The van der Waals surface area contributed by atoms with Crippen LogP contribution < -0.4 is 5.32 Å². The summed E-state index contributed by atoms with van der Waals surface area (Å²) in [4.78, 5) is 22.9. The summed E-state index contributed by atoms with van der Waals surface area (Å²) in [6, 6.07) is -0.227. The van der Waals surface area contributed by atoms with Crippen molar-refractivity contribution in [2.75, 3.05) is 7.05 Å². The number of nitrogens with zero attached hydrogens (tertiary/aromatic N) is 5. The van der Waals surface area contributed by atoms with Gasteiger partial charge in [-0.2, -0.15) is 0 Å². The Morgan fingerprint density at radius 3 is 2.72 bits per heavy atom. The first-order chi connectivity index (χ1) is 12.1. The highest BCUT2D eigenvalue weighted by atomic mass is 16.4. The third-order valence-corrected chi connectivity index (χ3v) is 4.36. The van der Waals surface area contributed by atoms with Crippen LogP contribution in [-0.2, 0) is 32.4 Å². The molecule has 2 aromatic rings. The third kappa shape index (κ3) is 4.12. The number of aryl methyl sites for hydroxylation is 3. The van der Waals surface area contributed by atoms with E-state index in [4.69, 9.17) is 4.42 Å². The van der Waals surface area contributed by atoms with E-state index >= 15 is 0 Å². The smallest absolute Gasteiger partial charge is 0.317 e. The van der Waals surface area contributed by atoms with E-state index in [1.807, 2.05) is 13.8 Å². The number of fused-ring (bicyclic) bond motifs is 1. The lowest BCUT2D eigenvalue weighted by Gasteiger charge is -2.19. The van der Waals surface area contributed by atoms with Crippen molar-refractivity contribution in [3.63, 3.8) is 0 Å². The van der Waals surface area contributed by atoms with E-state index in [2.05, 4.69) is 25.5 Å². The molecule has 1 aliphatic rings. The van der Waals surface area contributed by atoms with Gasteiger partial charge < -0.3 is 14.6 Å². The number of carbonyl (C=O) groups is 1. The van der Waals surface area contributed by atoms with Crippen LogP contribution in [0.1, 0.15) is 54.3 Å². The molecule has 0 unspecified atom stereocenters. The van der Waals surface area contributed by atoms with Crippen molar-refractivity contribution >= 4 is 6.03 Å². The summed E-state index contributed by atoms with van der Waals surface area (Å²) < 4.78 is 5.43. The lowest BCUT2D eigenvalue weighted by molar-refractivity contribution is 0.201. The molecule has 0 bridgehead atoms. The van der Waals surface area contributed by atoms with Gasteiger partial charge in [-0.3, -0.25) is 0 Å². The van der Waals surface area contributed by atoms with E-state index in [-0.39, 0.29) is 12.6 Å². The summed E-state index contributed by atoms with van der Waals surface area (Å²) in [7, 11) is 1.68. The molecule has 0 saturated heterocycles. The van der Waals surface area contributed by atoms with Gasteiger partial charge >= 0.3 is 6.03 Å². The second-order valence-electron chi connectivity index (χ2n) is 6.32. The maximum Gasteiger partial charge on any atom is 0.317 e. The average Bonchev–Trinajstić information content (AvgIpc) is 3.07. The zero-order chi connectivity index (χ0) is 17.8. The number of amides is 2. The topological polar surface area (TPSA) is 97.0 Å². The Morgan fingerprint density at radius 2 is 1.96 bits per heavy atom. The van der Waals surface area contributed by atoms with Crippen LogP contribution in [0.3, 0.4) is 0 Å². The predicted octanol–water partition coefficient (Wildman–Crippen LogP) is 1.95. The molecule has 8 nitrogen and oxygen atoms in total. The number of aromatic nitrogens is 4. The van der Waals surface area contributed by atoms with Crippen molar-refractivity contribution < 1.29 is 9.21 Å². The lowest BCUT2D eigenvalue weighted by atomic mass is 9.95. The number of hydrogen-bond acceptors (Lipinski definition) is 6. The molecular weight excluding hydrogens is 320 g/mol. The minimum atomic E-state index is -0.227. The number of urea groups is 1. The molecule has 0 aromatic carbocycles. The number of hydrogen-bond donors (Lipinski definition) is 1. The van der Waals surface area contributed by atoms with Crippen LogP contribution in [0.15, 0.2) is 4.42 Å². The molecule has 0 aliphatic heterocycles. The standard InChI is InChI=1S/C17H24N6O2/c1-4-15-21-22-16(25-15)10-23(3)17(24)18-9-14-19-11(2)12-7-5-6-8-13(12)20-14/h4-10H2,1-3H3,(H,18,24). The Kier molecular flexibility index (Phi) is 5.25. The van der Waals surface area contributed by atoms with Gasteiger partial charge in [0.15, 0.2) is 0 Å². The molecule has 0 radical (unpaired) electrons.